The predicted molar refractivity (Wildman–Crippen MR) is 75.4 cm³/mol. The Bertz CT molecular complexity index is 358. The van der Waals surface area contributed by atoms with Gasteiger partial charge in [0.15, 0.2) is 0 Å². The normalized spacial score (nSPS) is 26.2. The van der Waals surface area contributed by atoms with Crippen molar-refractivity contribution in [2.75, 3.05) is 7.05 Å². The highest BCUT2D eigenvalue weighted by atomic mass is 15.1. The van der Waals surface area contributed by atoms with E-state index in [1.165, 1.54) is 37.9 Å². The Balaban J connectivity index is 2.13. The number of hydrogen-bond acceptors (Lipinski definition) is 2. The summed E-state index contributed by atoms with van der Waals surface area (Å²) in [7, 11) is 2.08. The Hall–Kier alpha value is -0.830. The minimum atomic E-state index is 0.425. The minimum Gasteiger partial charge on any atom is -0.334 e. The molecule has 1 saturated carbocycles. The Kier molecular flexibility index (Phi) is 4.81. The molecule has 0 aromatic carbocycles. The molecule has 0 bridgehead atoms. The van der Waals surface area contributed by atoms with Crippen molar-refractivity contribution in [2.45, 2.75) is 58.5 Å². The first kappa shape index (κ1) is 13.6. The monoisotopic (exact) mass is 249 g/mol. The van der Waals surface area contributed by atoms with Gasteiger partial charge in [0, 0.05) is 18.9 Å². The number of rotatable bonds is 5. The molecule has 1 fully saturated rings. The first-order valence-electron chi connectivity index (χ1n) is 7.48. The van der Waals surface area contributed by atoms with Crippen LogP contribution in [0.4, 0.5) is 0 Å². The lowest BCUT2D eigenvalue weighted by Gasteiger charge is -2.34. The summed E-state index contributed by atoms with van der Waals surface area (Å²) in [4.78, 5) is 4.58. The van der Waals surface area contributed by atoms with E-state index in [4.69, 9.17) is 0 Å². The van der Waals surface area contributed by atoms with Crippen molar-refractivity contribution in [3.8, 4) is 0 Å². The van der Waals surface area contributed by atoms with E-state index >= 15 is 0 Å². The van der Waals surface area contributed by atoms with Crippen LogP contribution in [0.5, 0.6) is 0 Å². The largest absolute Gasteiger partial charge is 0.334 e. The Morgan fingerprint density at radius 2 is 2.28 bits per heavy atom. The van der Waals surface area contributed by atoms with E-state index in [-0.39, 0.29) is 0 Å². The topological polar surface area (TPSA) is 29.9 Å². The third-order valence-corrected chi connectivity index (χ3v) is 4.55. The van der Waals surface area contributed by atoms with Gasteiger partial charge >= 0.3 is 0 Å². The fourth-order valence-electron chi connectivity index (χ4n) is 3.45. The lowest BCUT2D eigenvalue weighted by Crippen LogP contribution is -2.31. The molecular formula is C15H27N3. The minimum absolute atomic E-state index is 0.425. The van der Waals surface area contributed by atoms with Crippen LogP contribution in [0, 0.1) is 11.8 Å². The van der Waals surface area contributed by atoms with Crippen LogP contribution in [0.25, 0.3) is 0 Å². The quantitative estimate of drug-likeness (QED) is 0.867. The fraction of sp³-hybridized carbons (Fsp3) is 0.800. The Labute approximate surface area is 111 Å². The van der Waals surface area contributed by atoms with Gasteiger partial charge in [-0.3, -0.25) is 0 Å². The second-order valence-electron chi connectivity index (χ2n) is 5.54. The molecule has 2 rings (SSSR count). The molecule has 3 unspecified atom stereocenters. The van der Waals surface area contributed by atoms with Crippen molar-refractivity contribution in [1.29, 1.82) is 0 Å². The molecule has 0 saturated heterocycles. The van der Waals surface area contributed by atoms with Crippen LogP contribution in [0.1, 0.15) is 57.8 Å². The Morgan fingerprint density at radius 1 is 1.44 bits per heavy atom. The summed E-state index contributed by atoms with van der Waals surface area (Å²) >= 11 is 0. The van der Waals surface area contributed by atoms with Gasteiger partial charge in [-0.25, -0.2) is 4.98 Å². The first-order chi connectivity index (χ1) is 8.80. The van der Waals surface area contributed by atoms with Gasteiger partial charge < -0.3 is 9.88 Å². The molecule has 3 atom stereocenters. The molecule has 102 valence electrons. The highest BCUT2D eigenvalue weighted by Crippen LogP contribution is 2.37. The van der Waals surface area contributed by atoms with Gasteiger partial charge in [-0.15, -0.1) is 0 Å². The van der Waals surface area contributed by atoms with E-state index in [2.05, 4.69) is 42.0 Å². The molecule has 3 nitrogen and oxygen atoms in total. The summed E-state index contributed by atoms with van der Waals surface area (Å²) in [6.07, 6.45) is 10.9. The highest BCUT2D eigenvalue weighted by Gasteiger charge is 2.30. The molecule has 1 N–H and O–H groups in total. The summed E-state index contributed by atoms with van der Waals surface area (Å²) in [5.74, 6) is 2.90. The molecule has 0 amide bonds. The van der Waals surface area contributed by atoms with E-state index in [9.17, 15) is 0 Å². The van der Waals surface area contributed by atoms with Crippen molar-refractivity contribution in [3.05, 3.63) is 18.2 Å². The maximum atomic E-state index is 4.58. The van der Waals surface area contributed by atoms with Gasteiger partial charge in [-0.1, -0.05) is 26.2 Å². The van der Waals surface area contributed by atoms with Crippen LogP contribution in [0.2, 0.25) is 0 Å². The average Bonchev–Trinajstić information content (AvgIpc) is 2.88. The second kappa shape index (κ2) is 6.37. The molecule has 1 heterocycles. The van der Waals surface area contributed by atoms with Gasteiger partial charge in [-0.2, -0.15) is 0 Å². The number of hydrogen-bond donors (Lipinski definition) is 1. The van der Waals surface area contributed by atoms with Crippen LogP contribution >= 0.6 is 0 Å². The Morgan fingerprint density at radius 3 is 2.94 bits per heavy atom. The van der Waals surface area contributed by atoms with Gasteiger partial charge in [0.25, 0.3) is 0 Å². The van der Waals surface area contributed by atoms with E-state index in [1.807, 2.05) is 6.20 Å². The van der Waals surface area contributed by atoms with Gasteiger partial charge in [-0.05, 0) is 38.6 Å². The fourth-order valence-corrected chi connectivity index (χ4v) is 3.45. The van der Waals surface area contributed by atoms with Crippen LogP contribution in [0.3, 0.4) is 0 Å². The maximum Gasteiger partial charge on any atom is 0.126 e. The smallest absolute Gasteiger partial charge is 0.126 e. The lowest BCUT2D eigenvalue weighted by molar-refractivity contribution is 0.207. The van der Waals surface area contributed by atoms with Gasteiger partial charge in [0.2, 0.25) is 0 Å². The van der Waals surface area contributed by atoms with Crippen molar-refractivity contribution < 1.29 is 0 Å². The molecule has 1 aliphatic carbocycles. The van der Waals surface area contributed by atoms with E-state index in [1.54, 1.807) is 0 Å². The van der Waals surface area contributed by atoms with Gasteiger partial charge in [0.05, 0.1) is 6.04 Å². The molecular weight excluding hydrogens is 222 g/mol. The molecule has 18 heavy (non-hydrogen) atoms. The van der Waals surface area contributed by atoms with Crippen molar-refractivity contribution in [3.63, 3.8) is 0 Å². The zero-order chi connectivity index (χ0) is 13.0. The zero-order valence-electron chi connectivity index (χ0n) is 12.0. The van der Waals surface area contributed by atoms with Gasteiger partial charge in [0.1, 0.15) is 5.82 Å². The number of nitrogens with zero attached hydrogens (tertiary/aromatic N) is 2. The molecule has 0 aliphatic heterocycles. The van der Waals surface area contributed by atoms with Crippen LogP contribution < -0.4 is 5.32 Å². The van der Waals surface area contributed by atoms with Crippen LogP contribution in [-0.2, 0) is 6.54 Å². The third kappa shape index (κ3) is 2.77. The van der Waals surface area contributed by atoms with Crippen LogP contribution in [-0.4, -0.2) is 16.6 Å². The summed E-state index contributed by atoms with van der Waals surface area (Å²) in [5, 5.41) is 3.51. The number of aromatic nitrogens is 2. The van der Waals surface area contributed by atoms with E-state index in [0.29, 0.717) is 6.04 Å². The summed E-state index contributed by atoms with van der Waals surface area (Å²) in [6.45, 7) is 5.53. The molecule has 3 heteroatoms. The highest BCUT2D eigenvalue weighted by molar-refractivity contribution is 5.02. The molecule has 1 aromatic rings. The number of imidazole rings is 1. The second-order valence-corrected chi connectivity index (χ2v) is 5.54. The first-order valence-corrected chi connectivity index (χ1v) is 7.48. The van der Waals surface area contributed by atoms with E-state index in [0.717, 1.165) is 18.4 Å². The molecule has 1 aromatic heterocycles. The molecule has 1 aliphatic rings. The predicted octanol–water partition coefficient (Wildman–Crippen LogP) is 3.38. The van der Waals surface area contributed by atoms with Crippen molar-refractivity contribution in [2.24, 2.45) is 11.8 Å². The summed E-state index contributed by atoms with van der Waals surface area (Å²) in [5.41, 5.74) is 0. The molecule has 0 radical (unpaired) electrons. The standard InChI is InChI=1S/C15H27N3/c1-4-12-7-6-8-13(11-12)14(16-3)15-17-9-10-18(15)5-2/h9-10,12-14,16H,4-8,11H2,1-3H3. The third-order valence-electron chi connectivity index (χ3n) is 4.55. The zero-order valence-corrected chi connectivity index (χ0v) is 12.0. The average molecular weight is 249 g/mol. The number of aryl methyl sites for hydroxylation is 1. The summed E-state index contributed by atoms with van der Waals surface area (Å²) < 4.78 is 2.27. The maximum absolute atomic E-state index is 4.58. The number of nitrogens with one attached hydrogen (secondary N) is 1. The van der Waals surface area contributed by atoms with Crippen molar-refractivity contribution >= 4 is 0 Å². The van der Waals surface area contributed by atoms with Crippen LogP contribution in [0.15, 0.2) is 12.4 Å². The summed E-state index contributed by atoms with van der Waals surface area (Å²) in [6, 6.07) is 0.425. The SMILES string of the molecule is CCC1CCCC(C(NC)c2nccn2CC)C1. The van der Waals surface area contributed by atoms with Crippen molar-refractivity contribution in [1.82, 2.24) is 14.9 Å². The van der Waals surface area contributed by atoms with E-state index < -0.39 is 0 Å². The molecule has 0 spiro atoms. The lowest BCUT2D eigenvalue weighted by atomic mass is 9.76.